The van der Waals surface area contributed by atoms with E-state index in [1.54, 1.807) is 4.57 Å². The van der Waals surface area contributed by atoms with Crippen molar-refractivity contribution in [3.8, 4) is 0 Å². The highest BCUT2D eigenvalue weighted by Gasteiger charge is 2.45. The predicted molar refractivity (Wildman–Crippen MR) is 93.4 cm³/mol. The molecule has 142 valence electrons. The normalized spacial score (nSPS) is 30.0. The highest BCUT2D eigenvalue weighted by Crippen LogP contribution is 2.36. The number of anilines is 2. The summed E-state index contributed by atoms with van der Waals surface area (Å²) in [6, 6.07) is 0. The molecule has 2 aromatic heterocycles. The SMILES string of the molecule is Nc1ncnc2c1nc(N1CCCCCC1)n2[C@H]1O[C@@H](CO)[C@H](O)[C@@H]1O. The second kappa shape index (κ2) is 6.95. The fraction of sp³-hybridized carbons (Fsp3) is 0.688. The minimum atomic E-state index is -1.22. The number of nitrogen functional groups attached to an aromatic ring is 1. The van der Waals surface area contributed by atoms with Gasteiger partial charge >= 0.3 is 0 Å². The Morgan fingerprint density at radius 1 is 1.12 bits per heavy atom. The van der Waals surface area contributed by atoms with Crippen molar-refractivity contribution in [2.75, 3.05) is 30.3 Å². The van der Waals surface area contributed by atoms with Crippen LogP contribution in [0.4, 0.5) is 11.8 Å². The van der Waals surface area contributed by atoms with Crippen LogP contribution >= 0.6 is 0 Å². The van der Waals surface area contributed by atoms with Gasteiger partial charge in [-0.05, 0) is 12.8 Å². The van der Waals surface area contributed by atoms with Gasteiger partial charge in [-0.3, -0.25) is 4.57 Å². The van der Waals surface area contributed by atoms with E-state index in [4.69, 9.17) is 10.5 Å². The van der Waals surface area contributed by atoms with Crippen LogP contribution in [0.5, 0.6) is 0 Å². The second-order valence-electron chi connectivity index (χ2n) is 6.84. The lowest BCUT2D eigenvalue weighted by Crippen LogP contribution is -2.34. The molecule has 5 N–H and O–H groups in total. The number of nitrogens with zero attached hydrogens (tertiary/aromatic N) is 5. The Bertz CT molecular complexity index is 775. The Labute approximate surface area is 150 Å². The Morgan fingerprint density at radius 2 is 1.85 bits per heavy atom. The molecular formula is C16H24N6O4. The molecule has 2 aromatic rings. The lowest BCUT2D eigenvalue weighted by Gasteiger charge is -2.26. The molecule has 4 heterocycles. The number of hydrogen-bond acceptors (Lipinski definition) is 9. The van der Waals surface area contributed by atoms with Gasteiger partial charge in [0.2, 0.25) is 5.95 Å². The Kier molecular flexibility index (Phi) is 4.65. The largest absolute Gasteiger partial charge is 0.394 e. The maximum atomic E-state index is 10.5. The number of aliphatic hydroxyl groups excluding tert-OH is 3. The van der Waals surface area contributed by atoms with Gasteiger partial charge in [0.05, 0.1) is 6.61 Å². The maximum absolute atomic E-state index is 10.5. The van der Waals surface area contributed by atoms with Crippen molar-refractivity contribution in [2.45, 2.75) is 50.2 Å². The summed E-state index contributed by atoms with van der Waals surface area (Å²) in [6.45, 7) is 1.26. The van der Waals surface area contributed by atoms with Crippen LogP contribution in [-0.2, 0) is 4.74 Å². The molecule has 2 aliphatic heterocycles. The Hall–Kier alpha value is -2.01. The van der Waals surface area contributed by atoms with Gasteiger partial charge in [0, 0.05) is 13.1 Å². The van der Waals surface area contributed by atoms with Crippen molar-refractivity contribution in [1.82, 2.24) is 19.5 Å². The van der Waals surface area contributed by atoms with Crippen molar-refractivity contribution >= 4 is 22.9 Å². The van der Waals surface area contributed by atoms with E-state index < -0.39 is 31.1 Å². The van der Waals surface area contributed by atoms with Gasteiger partial charge in [0.25, 0.3) is 0 Å². The second-order valence-corrected chi connectivity index (χ2v) is 6.84. The summed E-state index contributed by atoms with van der Waals surface area (Å²) in [5.74, 6) is 0.834. The van der Waals surface area contributed by atoms with Crippen LogP contribution in [0.25, 0.3) is 11.2 Å². The summed E-state index contributed by atoms with van der Waals surface area (Å²) in [7, 11) is 0. The van der Waals surface area contributed by atoms with E-state index in [0.29, 0.717) is 17.1 Å². The molecule has 0 saturated carbocycles. The molecule has 0 radical (unpaired) electrons. The molecule has 0 aromatic carbocycles. The summed E-state index contributed by atoms with van der Waals surface area (Å²) in [5, 5.41) is 30.1. The monoisotopic (exact) mass is 364 g/mol. The van der Waals surface area contributed by atoms with Crippen LogP contribution in [0.3, 0.4) is 0 Å². The molecule has 0 bridgehead atoms. The van der Waals surface area contributed by atoms with Crippen LogP contribution in [-0.4, -0.2) is 72.8 Å². The van der Waals surface area contributed by atoms with Gasteiger partial charge < -0.3 is 30.7 Å². The third-order valence-electron chi connectivity index (χ3n) is 5.15. The number of nitrogens with two attached hydrogens (primary N) is 1. The summed E-state index contributed by atoms with van der Waals surface area (Å²) in [4.78, 5) is 15.0. The van der Waals surface area contributed by atoms with Gasteiger partial charge in [-0.15, -0.1) is 0 Å². The van der Waals surface area contributed by atoms with E-state index in [-0.39, 0.29) is 5.82 Å². The van der Waals surface area contributed by atoms with Crippen molar-refractivity contribution in [2.24, 2.45) is 0 Å². The minimum Gasteiger partial charge on any atom is -0.394 e. The fourth-order valence-electron chi connectivity index (χ4n) is 3.74. The summed E-state index contributed by atoms with van der Waals surface area (Å²) < 4.78 is 7.40. The zero-order valence-electron chi connectivity index (χ0n) is 14.4. The number of hydrogen-bond donors (Lipinski definition) is 4. The third-order valence-corrected chi connectivity index (χ3v) is 5.15. The first-order valence-corrected chi connectivity index (χ1v) is 8.97. The number of rotatable bonds is 3. The molecule has 10 nitrogen and oxygen atoms in total. The molecule has 2 fully saturated rings. The average molecular weight is 364 g/mol. The number of fused-ring (bicyclic) bond motifs is 1. The molecule has 2 aliphatic rings. The van der Waals surface area contributed by atoms with Crippen LogP contribution in [0.15, 0.2) is 6.33 Å². The van der Waals surface area contributed by atoms with Crippen molar-refractivity contribution in [3.63, 3.8) is 0 Å². The fourth-order valence-corrected chi connectivity index (χ4v) is 3.74. The van der Waals surface area contributed by atoms with E-state index in [0.717, 1.165) is 38.8 Å². The molecule has 0 amide bonds. The highest BCUT2D eigenvalue weighted by molar-refractivity contribution is 5.84. The molecule has 10 heteroatoms. The lowest BCUT2D eigenvalue weighted by atomic mass is 10.1. The first-order valence-electron chi connectivity index (χ1n) is 8.97. The van der Waals surface area contributed by atoms with Crippen molar-refractivity contribution in [1.29, 1.82) is 0 Å². The number of ether oxygens (including phenoxy) is 1. The molecule has 4 rings (SSSR count). The summed E-state index contributed by atoms with van der Waals surface area (Å²) in [6.07, 6.45) is 1.54. The van der Waals surface area contributed by atoms with Crippen LogP contribution in [0, 0.1) is 0 Å². The Morgan fingerprint density at radius 3 is 2.50 bits per heavy atom. The molecule has 0 spiro atoms. The zero-order valence-corrected chi connectivity index (χ0v) is 14.4. The van der Waals surface area contributed by atoms with Crippen LogP contribution < -0.4 is 10.6 Å². The Balaban J connectivity index is 1.83. The number of aliphatic hydroxyl groups is 3. The lowest BCUT2D eigenvalue weighted by molar-refractivity contribution is -0.0504. The van der Waals surface area contributed by atoms with E-state index in [1.807, 2.05) is 0 Å². The number of aromatic nitrogens is 4. The van der Waals surface area contributed by atoms with Crippen molar-refractivity contribution in [3.05, 3.63) is 6.33 Å². The third kappa shape index (κ3) is 2.78. The smallest absolute Gasteiger partial charge is 0.210 e. The molecule has 26 heavy (non-hydrogen) atoms. The quantitative estimate of drug-likeness (QED) is 0.561. The van der Waals surface area contributed by atoms with Crippen LogP contribution in [0.2, 0.25) is 0 Å². The summed E-state index contributed by atoms with van der Waals surface area (Å²) in [5.41, 5.74) is 6.85. The van der Waals surface area contributed by atoms with Gasteiger partial charge in [0.15, 0.2) is 23.2 Å². The van der Waals surface area contributed by atoms with E-state index in [2.05, 4.69) is 19.9 Å². The standard InChI is InChI=1S/C16H24N6O4/c17-13-10-14(19-8-18-13)22(15-12(25)11(24)9(7-23)26-15)16(20-10)21-5-3-1-2-4-6-21/h8-9,11-12,15,23-25H,1-7H2,(H2,17,18,19)/t9-,11-,12-,15-/m0/s1. The molecule has 0 unspecified atom stereocenters. The van der Waals surface area contributed by atoms with E-state index in [9.17, 15) is 15.3 Å². The molecular weight excluding hydrogens is 340 g/mol. The van der Waals surface area contributed by atoms with Crippen molar-refractivity contribution < 1.29 is 20.1 Å². The maximum Gasteiger partial charge on any atom is 0.210 e. The average Bonchev–Trinajstić information content (AvgIpc) is 3.01. The van der Waals surface area contributed by atoms with Gasteiger partial charge in [0.1, 0.15) is 24.6 Å². The molecule has 0 aliphatic carbocycles. The predicted octanol–water partition coefficient (Wildman–Crippen LogP) is -0.600. The van der Waals surface area contributed by atoms with Gasteiger partial charge in [-0.1, -0.05) is 12.8 Å². The van der Waals surface area contributed by atoms with E-state index >= 15 is 0 Å². The summed E-state index contributed by atoms with van der Waals surface area (Å²) >= 11 is 0. The first kappa shape index (κ1) is 17.4. The minimum absolute atomic E-state index is 0.247. The highest BCUT2D eigenvalue weighted by atomic mass is 16.6. The first-order chi connectivity index (χ1) is 12.6. The zero-order chi connectivity index (χ0) is 18.3. The van der Waals surface area contributed by atoms with E-state index in [1.165, 1.54) is 6.33 Å². The van der Waals surface area contributed by atoms with Gasteiger partial charge in [-0.2, -0.15) is 0 Å². The van der Waals surface area contributed by atoms with Crippen LogP contribution in [0.1, 0.15) is 31.9 Å². The molecule has 2 saturated heterocycles. The van der Waals surface area contributed by atoms with Gasteiger partial charge in [-0.25, -0.2) is 15.0 Å². The number of imidazole rings is 1. The molecule has 4 atom stereocenters. The topological polar surface area (TPSA) is 143 Å².